The minimum atomic E-state index is -0.664. The van der Waals surface area contributed by atoms with Gasteiger partial charge in [0.1, 0.15) is 6.10 Å². The molecule has 0 radical (unpaired) electrons. The van der Waals surface area contributed by atoms with Crippen molar-refractivity contribution in [1.29, 1.82) is 0 Å². The van der Waals surface area contributed by atoms with Gasteiger partial charge in [0.05, 0.1) is 5.01 Å². The van der Waals surface area contributed by atoms with Crippen LogP contribution in [0.4, 0.5) is 0 Å². The first kappa shape index (κ1) is 9.23. The lowest BCUT2D eigenvalue weighted by molar-refractivity contribution is 0.168. The monoisotopic (exact) mass is 207 g/mol. The summed E-state index contributed by atoms with van der Waals surface area (Å²) in [5.41, 5.74) is 0. The van der Waals surface area contributed by atoms with E-state index in [1.165, 1.54) is 11.3 Å². The van der Waals surface area contributed by atoms with Gasteiger partial charge in [-0.3, -0.25) is 0 Å². The number of thiazole rings is 1. The Morgan fingerprint density at radius 3 is 2.64 bits per heavy atom. The second kappa shape index (κ2) is 4.26. The van der Waals surface area contributed by atoms with Crippen molar-refractivity contribution in [2.45, 2.75) is 12.5 Å². The molecule has 1 N–H and O–H groups in total. The first-order chi connectivity index (χ1) is 6.86. The second-order valence-corrected chi connectivity index (χ2v) is 3.73. The summed E-state index contributed by atoms with van der Waals surface area (Å²) in [7, 11) is 0. The Labute approximate surface area is 85.3 Å². The topological polar surface area (TPSA) is 58.9 Å². The maximum Gasteiger partial charge on any atom is 0.157 e. The number of nitrogens with zero attached hydrogens (tertiary/aromatic N) is 3. The molecule has 0 aromatic carbocycles. The highest BCUT2D eigenvalue weighted by Gasteiger charge is 2.11. The van der Waals surface area contributed by atoms with E-state index in [4.69, 9.17) is 0 Å². The summed E-state index contributed by atoms with van der Waals surface area (Å²) < 4.78 is 0. The van der Waals surface area contributed by atoms with E-state index >= 15 is 0 Å². The van der Waals surface area contributed by atoms with E-state index in [-0.39, 0.29) is 0 Å². The highest BCUT2D eigenvalue weighted by atomic mass is 32.1. The number of aliphatic hydroxyl groups excluding tert-OH is 1. The molecule has 0 spiro atoms. The van der Waals surface area contributed by atoms with Gasteiger partial charge in [-0.05, 0) is 6.07 Å². The Balaban J connectivity index is 2.07. The van der Waals surface area contributed by atoms with Crippen LogP contribution in [0.1, 0.15) is 16.9 Å². The molecule has 1 atom stereocenters. The van der Waals surface area contributed by atoms with Gasteiger partial charge in [-0.25, -0.2) is 15.0 Å². The lowest BCUT2D eigenvalue weighted by atomic mass is 10.2. The molecule has 0 amide bonds. The van der Waals surface area contributed by atoms with Crippen molar-refractivity contribution in [2.24, 2.45) is 0 Å². The molecule has 5 heteroatoms. The Hall–Kier alpha value is -1.33. The fraction of sp³-hybridized carbons (Fsp3) is 0.222. The molecule has 72 valence electrons. The molecule has 0 bridgehead atoms. The zero-order valence-electron chi connectivity index (χ0n) is 7.37. The first-order valence-electron chi connectivity index (χ1n) is 4.19. The molecule has 0 fully saturated rings. The van der Waals surface area contributed by atoms with E-state index in [2.05, 4.69) is 15.0 Å². The summed E-state index contributed by atoms with van der Waals surface area (Å²) in [6, 6.07) is 1.72. The van der Waals surface area contributed by atoms with Crippen molar-refractivity contribution in [2.75, 3.05) is 0 Å². The predicted molar refractivity (Wildman–Crippen MR) is 52.8 cm³/mol. The van der Waals surface area contributed by atoms with Crippen LogP contribution in [0.5, 0.6) is 0 Å². The molecule has 2 heterocycles. The summed E-state index contributed by atoms with van der Waals surface area (Å²) in [6.45, 7) is 0. The smallest absolute Gasteiger partial charge is 0.157 e. The van der Waals surface area contributed by atoms with E-state index < -0.39 is 6.10 Å². The molecule has 2 aromatic rings. The predicted octanol–water partition coefficient (Wildman–Crippen LogP) is 1.21. The molecular weight excluding hydrogens is 198 g/mol. The third-order valence-electron chi connectivity index (χ3n) is 1.74. The lowest BCUT2D eigenvalue weighted by Crippen LogP contribution is -2.05. The largest absolute Gasteiger partial charge is 0.385 e. The average molecular weight is 207 g/mol. The van der Waals surface area contributed by atoms with Crippen molar-refractivity contribution in [1.82, 2.24) is 15.0 Å². The van der Waals surface area contributed by atoms with Gasteiger partial charge < -0.3 is 5.11 Å². The third kappa shape index (κ3) is 2.12. The summed E-state index contributed by atoms with van der Waals surface area (Å²) in [6.07, 6.45) is 4.77. The van der Waals surface area contributed by atoms with Gasteiger partial charge >= 0.3 is 0 Å². The maximum absolute atomic E-state index is 9.73. The zero-order chi connectivity index (χ0) is 9.80. The minimum absolute atomic E-state index is 0.447. The molecule has 0 saturated carbocycles. The Morgan fingerprint density at radius 2 is 2.00 bits per heavy atom. The van der Waals surface area contributed by atoms with Crippen molar-refractivity contribution >= 4 is 11.3 Å². The van der Waals surface area contributed by atoms with Gasteiger partial charge in [-0.15, -0.1) is 11.3 Å². The molecular formula is C9H9N3OS. The van der Waals surface area contributed by atoms with Crippen molar-refractivity contribution in [3.63, 3.8) is 0 Å². The van der Waals surface area contributed by atoms with Crippen LogP contribution >= 0.6 is 11.3 Å². The van der Waals surface area contributed by atoms with E-state index in [1.54, 1.807) is 24.7 Å². The van der Waals surface area contributed by atoms with Crippen LogP contribution in [0.3, 0.4) is 0 Å². The van der Waals surface area contributed by atoms with Gasteiger partial charge in [0, 0.05) is 30.4 Å². The summed E-state index contributed by atoms with van der Waals surface area (Å²) in [4.78, 5) is 12.0. The number of hydrogen-bond donors (Lipinski definition) is 1. The fourth-order valence-corrected chi connectivity index (χ4v) is 1.75. The zero-order valence-corrected chi connectivity index (χ0v) is 8.18. The number of rotatable bonds is 3. The highest BCUT2D eigenvalue weighted by molar-refractivity contribution is 7.09. The van der Waals surface area contributed by atoms with Gasteiger partial charge in [-0.2, -0.15) is 0 Å². The second-order valence-electron chi connectivity index (χ2n) is 2.75. The van der Waals surface area contributed by atoms with Gasteiger partial charge in [0.2, 0.25) is 0 Å². The molecule has 0 aliphatic rings. The minimum Gasteiger partial charge on any atom is -0.385 e. The average Bonchev–Trinajstić information content (AvgIpc) is 2.72. The van der Waals surface area contributed by atoms with Crippen LogP contribution in [0.25, 0.3) is 0 Å². The molecule has 14 heavy (non-hydrogen) atoms. The standard InChI is InChI=1S/C9H9N3OS/c13-7(6-8-10-4-5-14-8)9-11-2-1-3-12-9/h1-5,7,13H,6H2. The van der Waals surface area contributed by atoms with Crippen molar-refractivity contribution in [3.8, 4) is 0 Å². The van der Waals surface area contributed by atoms with Crippen LogP contribution in [0.2, 0.25) is 0 Å². The van der Waals surface area contributed by atoms with Crippen LogP contribution in [0.15, 0.2) is 30.0 Å². The third-order valence-corrected chi connectivity index (χ3v) is 2.54. The molecule has 0 saturated heterocycles. The van der Waals surface area contributed by atoms with Crippen LogP contribution in [-0.2, 0) is 6.42 Å². The lowest BCUT2D eigenvalue weighted by Gasteiger charge is -2.05. The Bertz CT molecular complexity index is 376. The normalized spacial score (nSPS) is 12.6. The SMILES string of the molecule is OC(Cc1nccs1)c1ncccn1. The highest BCUT2D eigenvalue weighted by Crippen LogP contribution is 2.15. The summed E-state index contributed by atoms with van der Waals surface area (Å²) in [5.74, 6) is 0.447. The quantitative estimate of drug-likeness (QED) is 0.821. The van der Waals surface area contributed by atoms with Gasteiger partial charge in [0.15, 0.2) is 5.82 Å². The van der Waals surface area contributed by atoms with E-state index in [1.807, 2.05) is 5.38 Å². The Morgan fingerprint density at radius 1 is 1.21 bits per heavy atom. The summed E-state index contributed by atoms with van der Waals surface area (Å²) in [5, 5.41) is 12.5. The molecule has 0 aliphatic carbocycles. The molecule has 2 rings (SSSR count). The molecule has 2 aromatic heterocycles. The number of hydrogen-bond acceptors (Lipinski definition) is 5. The van der Waals surface area contributed by atoms with E-state index in [9.17, 15) is 5.11 Å². The van der Waals surface area contributed by atoms with Gasteiger partial charge in [-0.1, -0.05) is 0 Å². The number of aromatic nitrogens is 3. The Kier molecular flexibility index (Phi) is 2.81. The fourth-order valence-electron chi connectivity index (χ4n) is 1.09. The maximum atomic E-state index is 9.73. The molecule has 1 unspecified atom stereocenters. The van der Waals surface area contributed by atoms with Crippen molar-refractivity contribution < 1.29 is 5.11 Å². The summed E-state index contributed by atoms with van der Waals surface area (Å²) >= 11 is 1.52. The molecule has 4 nitrogen and oxygen atoms in total. The first-order valence-corrected chi connectivity index (χ1v) is 5.07. The van der Waals surface area contributed by atoms with Crippen LogP contribution < -0.4 is 0 Å². The van der Waals surface area contributed by atoms with E-state index in [0.717, 1.165) is 5.01 Å². The van der Waals surface area contributed by atoms with Crippen LogP contribution in [-0.4, -0.2) is 20.1 Å². The van der Waals surface area contributed by atoms with Crippen molar-refractivity contribution in [3.05, 3.63) is 40.9 Å². The molecule has 0 aliphatic heterocycles. The van der Waals surface area contributed by atoms with Crippen LogP contribution in [0, 0.1) is 0 Å². The van der Waals surface area contributed by atoms with E-state index in [0.29, 0.717) is 12.2 Å². The number of aliphatic hydroxyl groups is 1. The van der Waals surface area contributed by atoms with Gasteiger partial charge in [0.25, 0.3) is 0 Å².